The van der Waals surface area contributed by atoms with Gasteiger partial charge in [0, 0.05) is 23.7 Å². The number of hydrogen-bond acceptors (Lipinski definition) is 2. The van der Waals surface area contributed by atoms with Crippen molar-refractivity contribution in [3.63, 3.8) is 0 Å². The van der Waals surface area contributed by atoms with Gasteiger partial charge in [0.1, 0.15) is 0 Å². The molecule has 15 heavy (non-hydrogen) atoms. The zero-order chi connectivity index (χ0) is 10.3. The van der Waals surface area contributed by atoms with E-state index >= 15 is 0 Å². The monoisotopic (exact) mass is 202 g/mol. The van der Waals surface area contributed by atoms with E-state index in [0.717, 1.165) is 18.4 Å². The lowest BCUT2D eigenvalue weighted by molar-refractivity contribution is 0.613. The lowest BCUT2D eigenvalue weighted by Gasteiger charge is -2.13. The largest absolute Gasteiger partial charge is 0.330 e. The van der Waals surface area contributed by atoms with Crippen molar-refractivity contribution in [2.75, 3.05) is 6.54 Å². The molecular formula is C13H18N2. The molecule has 2 fully saturated rings. The van der Waals surface area contributed by atoms with Gasteiger partial charge < -0.3 is 5.73 Å². The highest BCUT2D eigenvalue weighted by Gasteiger charge is 2.32. The number of rotatable bonds is 4. The maximum absolute atomic E-state index is 5.83. The minimum absolute atomic E-state index is 0.561. The molecule has 1 aromatic rings. The summed E-state index contributed by atoms with van der Waals surface area (Å²) in [6.07, 6.45) is 7.42. The van der Waals surface area contributed by atoms with Crippen molar-refractivity contribution in [2.24, 2.45) is 11.7 Å². The molecule has 1 heterocycles. The zero-order valence-electron chi connectivity index (χ0n) is 9.02. The fourth-order valence-electron chi connectivity index (χ4n) is 2.36. The third kappa shape index (κ3) is 1.91. The van der Waals surface area contributed by atoms with Crippen LogP contribution in [0.2, 0.25) is 0 Å². The van der Waals surface area contributed by atoms with E-state index in [1.807, 2.05) is 0 Å². The second-order valence-electron chi connectivity index (χ2n) is 4.97. The average molecular weight is 202 g/mol. The van der Waals surface area contributed by atoms with Crippen molar-refractivity contribution in [1.82, 2.24) is 4.98 Å². The first-order valence-corrected chi connectivity index (χ1v) is 6.04. The third-order valence-electron chi connectivity index (χ3n) is 3.68. The molecular weight excluding hydrogens is 184 g/mol. The zero-order valence-corrected chi connectivity index (χ0v) is 9.02. The molecule has 1 aromatic heterocycles. The van der Waals surface area contributed by atoms with Crippen LogP contribution in [-0.2, 0) is 0 Å². The molecule has 0 bridgehead atoms. The van der Waals surface area contributed by atoms with E-state index < -0.39 is 0 Å². The highest BCUT2D eigenvalue weighted by Crippen LogP contribution is 2.43. The lowest BCUT2D eigenvalue weighted by Crippen LogP contribution is -2.14. The van der Waals surface area contributed by atoms with Crippen molar-refractivity contribution < 1.29 is 0 Å². The predicted molar refractivity (Wildman–Crippen MR) is 60.7 cm³/mol. The topological polar surface area (TPSA) is 38.9 Å². The maximum atomic E-state index is 5.83. The molecule has 3 rings (SSSR count). The van der Waals surface area contributed by atoms with Crippen LogP contribution in [0.4, 0.5) is 0 Å². The summed E-state index contributed by atoms with van der Waals surface area (Å²) in [5.41, 5.74) is 8.46. The van der Waals surface area contributed by atoms with Gasteiger partial charge in [-0.1, -0.05) is 6.07 Å². The Morgan fingerprint density at radius 1 is 1.27 bits per heavy atom. The average Bonchev–Trinajstić information content (AvgIpc) is 3.14. The Morgan fingerprint density at radius 2 is 2.07 bits per heavy atom. The molecule has 2 saturated carbocycles. The minimum Gasteiger partial charge on any atom is -0.330 e. The number of nitrogens with zero attached hydrogens (tertiary/aromatic N) is 1. The van der Waals surface area contributed by atoms with Crippen LogP contribution in [0.5, 0.6) is 0 Å². The van der Waals surface area contributed by atoms with Gasteiger partial charge >= 0.3 is 0 Å². The summed E-state index contributed by atoms with van der Waals surface area (Å²) < 4.78 is 0. The van der Waals surface area contributed by atoms with E-state index in [9.17, 15) is 0 Å². The van der Waals surface area contributed by atoms with Crippen molar-refractivity contribution in [2.45, 2.75) is 37.5 Å². The normalized spacial score (nSPS) is 22.7. The van der Waals surface area contributed by atoms with Crippen LogP contribution >= 0.6 is 0 Å². The Morgan fingerprint density at radius 3 is 2.53 bits per heavy atom. The first kappa shape index (κ1) is 9.34. The molecule has 80 valence electrons. The molecule has 2 aliphatic rings. The Balaban J connectivity index is 1.78. The molecule has 2 heteroatoms. The second kappa shape index (κ2) is 3.60. The van der Waals surface area contributed by atoms with Gasteiger partial charge in [0.05, 0.1) is 0 Å². The third-order valence-corrected chi connectivity index (χ3v) is 3.68. The van der Waals surface area contributed by atoms with Gasteiger partial charge in [-0.05, 0) is 49.8 Å². The van der Waals surface area contributed by atoms with Crippen LogP contribution in [0.1, 0.15) is 48.8 Å². The quantitative estimate of drug-likeness (QED) is 0.814. The summed E-state index contributed by atoms with van der Waals surface area (Å²) in [7, 11) is 0. The molecule has 0 radical (unpaired) electrons. The van der Waals surface area contributed by atoms with Gasteiger partial charge in [-0.15, -0.1) is 0 Å². The Kier molecular flexibility index (Phi) is 2.24. The summed E-state index contributed by atoms with van der Waals surface area (Å²) in [6.45, 7) is 0.773. The van der Waals surface area contributed by atoms with Gasteiger partial charge in [-0.2, -0.15) is 0 Å². The van der Waals surface area contributed by atoms with Crippen LogP contribution < -0.4 is 5.73 Å². The van der Waals surface area contributed by atoms with E-state index in [-0.39, 0.29) is 0 Å². The minimum atomic E-state index is 0.561. The van der Waals surface area contributed by atoms with Crippen LogP contribution in [0.3, 0.4) is 0 Å². The first-order valence-electron chi connectivity index (χ1n) is 6.04. The molecule has 0 spiro atoms. The Bertz CT molecular complexity index is 336. The Hall–Kier alpha value is -0.890. The van der Waals surface area contributed by atoms with Crippen molar-refractivity contribution in [1.29, 1.82) is 0 Å². The number of nitrogens with two attached hydrogens (primary N) is 1. The van der Waals surface area contributed by atoms with Crippen molar-refractivity contribution >= 4 is 0 Å². The van der Waals surface area contributed by atoms with Gasteiger partial charge in [0.15, 0.2) is 0 Å². The fraction of sp³-hybridized carbons (Fsp3) is 0.615. The first-order chi connectivity index (χ1) is 7.38. The number of pyridine rings is 1. The van der Waals surface area contributed by atoms with Crippen LogP contribution in [0, 0.1) is 5.92 Å². The SMILES string of the molecule is NCC(c1ccc(C2CC2)nc1)C1CC1. The summed E-state index contributed by atoms with van der Waals surface area (Å²) in [5, 5.41) is 0. The van der Waals surface area contributed by atoms with E-state index in [1.54, 1.807) is 0 Å². The summed E-state index contributed by atoms with van der Waals surface area (Å²) in [4.78, 5) is 4.56. The molecule has 2 nitrogen and oxygen atoms in total. The van der Waals surface area contributed by atoms with Gasteiger partial charge in [0.25, 0.3) is 0 Å². The Labute approximate surface area is 90.9 Å². The predicted octanol–water partition coefficient (Wildman–Crippen LogP) is 2.41. The van der Waals surface area contributed by atoms with E-state index in [0.29, 0.717) is 5.92 Å². The second-order valence-corrected chi connectivity index (χ2v) is 4.97. The van der Waals surface area contributed by atoms with Gasteiger partial charge in [0.2, 0.25) is 0 Å². The van der Waals surface area contributed by atoms with Gasteiger partial charge in [-0.25, -0.2) is 0 Å². The summed E-state index contributed by atoms with van der Waals surface area (Å²) >= 11 is 0. The van der Waals surface area contributed by atoms with E-state index in [2.05, 4.69) is 23.3 Å². The van der Waals surface area contributed by atoms with Crippen LogP contribution in [0.25, 0.3) is 0 Å². The van der Waals surface area contributed by atoms with Crippen LogP contribution in [-0.4, -0.2) is 11.5 Å². The molecule has 0 aromatic carbocycles. The van der Waals surface area contributed by atoms with Crippen molar-refractivity contribution in [3.05, 3.63) is 29.6 Å². The molecule has 2 aliphatic carbocycles. The number of hydrogen-bond donors (Lipinski definition) is 1. The fourth-order valence-corrected chi connectivity index (χ4v) is 2.36. The lowest BCUT2D eigenvalue weighted by atomic mass is 9.95. The van der Waals surface area contributed by atoms with Crippen molar-refractivity contribution in [3.8, 4) is 0 Å². The highest BCUT2D eigenvalue weighted by atomic mass is 14.7. The molecule has 1 unspecified atom stereocenters. The van der Waals surface area contributed by atoms with E-state index in [1.165, 1.54) is 36.9 Å². The molecule has 0 aliphatic heterocycles. The number of aromatic nitrogens is 1. The summed E-state index contributed by atoms with van der Waals surface area (Å²) in [6, 6.07) is 4.45. The standard InChI is InChI=1S/C13H18N2/c14-7-12(9-1-2-9)11-5-6-13(15-8-11)10-3-4-10/h5-6,8-10,12H,1-4,7,14H2. The molecule has 1 atom stereocenters. The van der Waals surface area contributed by atoms with E-state index in [4.69, 9.17) is 5.73 Å². The maximum Gasteiger partial charge on any atom is 0.0434 e. The molecule has 2 N–H and O–H groups in total. The summed E-state index contributed by atoms with van der Waals surface area (Å²) in [5.74, 6) is 2.16. The molecule has 0 amide bonds. The highest BCUT2D eigenvalue weighted by molar-refractivity contribution is 5.24. The van der Waals surface area contributed by atoms with Gasteiger partial charge in [-0.3, -0.25) is 4.98 Å². The smallest absolute Gasteiger partial charge is 0.0434 e. The van der Waals surface area contributed by atoms with Crippen LogP contribution in [0.15, 0.2) is 18.3 Å². The molecule has 0 saturated heterocycles.